The largest absolute Gasteiger partial charge is 0.392 e. The van der Waals surface area contributed by atoms with Gasteiger partial charge >= 0.3 is 12.0 Å². The fraction of sp³-hybridized carbons (Fsp3) is 0.375. The van der Waals surface area contributed by atoms with Gasteiger partial charge in [-0.05, 0) is 0 Å². The van der Waals surface area contributed by atoms with Crippen LogP contribution in [-0.4, -0.2) is 28.4 Å². The number of ether oxygens (including phenoxy) is 1. The number of aromatic amines is 1. The number of esters is 1. The number of hydrogen-bond donors (Lipinski definition) is 3. The molecule has 7 heteroatoms. The minimum absolute atomic E-state index is 0.0502. The number of carbonyl (C=O) groups is 2. The monoisotopic (exact) mass is 212 g/mol. The van der Waals surface area contributed by atoms with Crippen molar-refractivity contribution in [3.8, 4) is 6.01 Å². The number of nitrogens with zero attached hydrogens (tertiary/aromatic N) is 1. The molecule has 0 aliphatic carbocycles. The topological polar surface area (TPSA) is 110 Å². The molecule has 1 amide bonds. The van der Waals surface area contributed by atoms with E-state index in [1.165, 1.54) is 6.20 Å². The highest BCUT2D eigenvalue weighted by molar-refractivity contribution is 5.91. The summed E-state index contributed by atoms with van der Waals surface area (Å²) in [5.74, 6) is -0.500. The molecule has 0 saturated heterocycles. The molecule has 0 unspecified atom stereocenters. The van der Waals surface area contributed by atoms with Gasteiger partial charge in [0.2, 0.25) is 5.91 Å². The van der Waals surface area contributed by atoms with Gasteiger partial charge in [-0.25, -0.2) is 0 Å². The van der Waals surface area contributed by atoms with Gasteiger partial charge in [0.15, 0.2) is 5.82 Å². The van der Waals surface area contributed by atoms with Crippen LogP contribution in [0.5, 0.6) is 6.01 Å². The van der Waals surface area contributed by atoms with Gasteiger partial charge in [0, 0.05) is 12.6 Å². The first-order valence-corrected chi connectivity index (χ1v) is 4.41. The molecule has 0 radical (unpaired) electrons. The van der Waals surface area contributed by atoms with E-state index in [0.29, 0.717) is 0 Å². The summed E-state index contributed by atoms with van der Waals surface area (Å²) in [6.07, 6.45) is 1.66. The fourth-order valence-electron chi connectivity index (χ4n) is 0.794. The van der Waals surface area contributed by atoms with E-state index in [4.69, 9.17) is 10.5 Å². The van der Waals surface area contributed by atoms with E-state index in [-0.39, 0.29) is 30.7 Å². The number of imidazole rings is 1. The summed E-state index contributed by atoms with van der Waals surface area (Å²) in [6, 6.07) is 0.0502. The Morgan fingerprint density at radius 2 is 2.40 bits per heavy atom. The number of anilines is 1. The number of carbonyl (C=O) groups excluding carboxylic acids is 2. The Balaban J connectivity index is 2.56. The Bertz CT molecular complexity index is 328. The molecule has 0 spiro atoms. The van der Waals surface area contributed by atoms with Crippen LogP contribution >= 0.6 is 0 Å². The summed E-state index contributed by atoms with van der Waals surface area (Å²) in [6.45, 7) is 1.54. The second kappa shape index (κ2) is 5.11. The van der Waals surface area contributed by atoms with E-state index >= 15 is 0 Å². The molecule has 0 aliphatic rings. The van der Waals surface area contributed by atoms with Gasteiger partial charge in [-0.3, -0.25) is 9.59 Å². The number of nitrogens with one attached hydrogen (secondary N) is 2. The molecule has 82 valence electrons. The smallest absolute Gasteiger partial charge is 0.313 e. The molecule has 0 fully saturated rings. The van der Waals surface area contributed by atoms with Crippen molar-refractivity contribution in [2.24, 2.45) is 5.73 Å². The van der Waals surface area contributed by atoms with Crippen LogP contribution in [-0.2, 0) is 9.59 Å². The van der Waals surface area contributed by atoms with E-state index in [9.17, 15) is 9.59 Å². The second-order valence-corrected chi connectivity index (χ2v) is 2.67. The van der Waals surface area contributed by atoms with Crippen molar-refractivity contribution in [3.63, 3.8) is 0 Å². The zero-order chi connectivity index (χ0) is 11.3. The highest BCUT2D eigenvalue weighted by atomic mass is 16.5. The minimum atomic E-state index is -0.402. The summed E-state index contributed by atoms with van der Waals surface area (Å²) in [7, 11) is 0. The Morgan fingerprint density at radius 3 is 3.00 bits per heavy atom. The molecule has 1 aromatic heterocycles. The van der Waals surface area contributed by atoms with Crippen LogP contribution in [0.15, 0.2) is 6.20 Å². The number of amides is 1. The van der Waals surface area contributed by atoms with Crippen LogP contribution in [0.25, 0.3) is 0 Å². The molecule has 7 nitrogen and oxygen atoms in total. The normalized spacial score (nSPS) is 9.73. The Kier molecular flexibility index (Phi) is 3.81. The minimum Gasteiger partial charge on any atom is -0.392 e. The van der Waals surface area contributed by atoms with Crippen molar-refractivity contribution in [1.29, 1.82) is 0 Å². The van der Waals surface area contributed by atoms with Gasteiger partial charge in [-0.2, -0.15) is 4.98 Å². The lowest BCUT2D eigenvalue weighted by Gasteiger charge is -1.97. The molecule has 0 aromatic carbocycles. The van der Waals surface area contributed by atoms with Crippen molar-refractivity contribution >= 4 is 17.7 Å². The van der Waals surface area contributed by atoms with E-state index in [0.717, 1.165) is 0 Å². The summed E-state index contributed by atoms with van der Waals surface area (Å²) in [5, 5.41) is 2.41. The predicted octanol–water partition coefficient (Wildman–Crippen LogP) is -0.378. The quantitative estimate of drug-likeness (QED) is 0.589. The first-order chi connectivity index (χ1) is 7.15. The van der Waals surface area contributed by atoms with Crippen molar-refractivity contribution in [1.82, 2.24) is 9.97 Å². The third kappa shape index (κ3) is 3.39. The van der Waals surface area contributed by atoms with Crippen LogP contribution in [0.2, 0.25) is 0 Å². The zero-order valence-corrected chi connectivity index (χ0v) is 8.24. The van der Waals surface area contributed by atoms with Crippen molar-refractivity contribution < 1.29 is 14.3 Å². The molecule has 15 heavy (non-hydrogen) atoms. The van der Waals surface area contributed by atoms with Crippen LogP contribution in [0.4, 0.5) is 5.82 Å². The number of H-pyrrole nitrogens is 1. The van der Waals surface area contributed by atoms with E-state index in [1.54, 1.807) is 6.92 Å². The van der Waals surface area contributed by atoms with Gasteiger partial charge in [0.1, 0.15) is 0 Å². The summed E-state index contributed by atoms with van der Waals surface area (Å²) >= 11 is 0. The Morgan fingerprint density at radius 1 is 1.67 bits per heavy atom. The van der Waals surface area contributed by atoms with E-state index in [2.05, 4.69) is 15.3 Å². The first kappa shape index (κ1) is 11.2. The van der Waals surface area contributed by atoms with E-state index in [1.807, 2.05) is 0 Å². The highest BCUT2D eigenvalue weighted by Crippen LogP contribution is 2.09. The highest BCUT2D eigenvalue weighted by Gasteiger charge is 2.07. The Labute approximate surface area is 86.0 Å². The zero-order valence-electron chi connectivity index (χ0n) is 8.24. The van der Waals surface area contributed by atoms with Crippen LogP contribution in [0.1, 0.15) is 13.3 Å². The third-order valence-electron chi connectivity index (χ3n) is 1.51. The maximum absolute atomic E-state index is 10.9. The standard InChI is InChI=1S/C8H12N4O3/c1-2-7(14)15-8-10-4-5(12-8)11-6(13)3-9/h4H,2-3,9H2,1H3,(H,10,12)(H,11,13). The van der Waals surface area contributed by atoms with Crippen LogP contribution < -0.4 is 15.8 Å². The molecule has 1 rings (SSSR count). The van der Waals surface area contributed by atoms with Crippen molar-refractivity contribution in [3.05, 3.63) is 6.20 Å². The van der Waals surface area contributed by atoms with Crippen molar-refractivity contribution in [2.45, 2.75) is 13.3 Å². The lowest BCUT2D eigenvalue weighted by atomic mass is 10.5. The number of hydrogen-bond acceptors (Lipinski definition) is 5. The summed E-state index contributed by atoms with van der Waals surface area (Å²) in [4.78, 5) is 28.1. The SMILES string of the molecule is CCC(=O)Oc1nc(NC(=O)CN)c[nH]1. The average Bonchev–Trinajstić information content (AvgIpc) is 2.65. The summed E-state index contributed by atoms with van der Waals surface area (Å²) < 4.78 is 4.77. The maximum atomic E-state index is 10.9. The third-order valence-corrected chi connectivity index (χ3v) is 1.51. The number of aromatic nitrogens is 2. The average molecular weight is 212 g/mol. The molecule has 0 atom stereocenters. The van der Waals surface area contributed by atoms with Gasteiger partial charge in [0.05, 0.1) is 6.54 Å². The van der Waals surface area contributed by atoms with Crippen LogP contribution in [0, 0.1) is 0 Å². The molecule has 1 aromatic rings. The lowest BCUT2D eigenvalue weighted by Crippen LogP contribution is -2.21. The van der Waals surface area contributed by atoms with Crippen molar-refractivity contribution in [2.75, 3.05) is 11.9 Å². The first-order valence-electron chi connectivity index (χ1n) is 4.41. The molecular weight excluding hydrogens is 200 g/mol. The van der Waals surface area contributed by atoms with Gasteiger partial charge in [0.25, 0.3) is 0 Å². The molecule has 0 saturated carbocycles. The molecular formula is C8H12N4O3. The number of nitrogens with two attached hydrogens (primary N) is 1. The molecule has 0 bridgehead atoms. The fourth-order valence-corrected chi connectivity index (χ4v) is 0.794. The van der Waals surface area contributed by atoms with Crippen LogP contribution in [0.3, 0.4) is 0 Å². The maximum Gasteiger partial charge on any atom is 0.313 e. The van der Waals surface area contributed by atoms with Gasteiger partial charge in [-0.15, -0.1) is 0 Å². The second-order valence-electron chi connectivity index (χ2n) is 2.67. The lowest BCUT2D eigenvalue weighted by molar-refractivity contribution is -0.134. The molecule has 4 N–H and O–H groups in total. The molecule has 1 heterocycles. The van der Waals surface area contributed by atoms with E-state index < -0.39 is 5.97 Å². The molecule has 0 aliphatic heterocycles. The number of rotatable bonds is 4. The summed E-state index contributed by atoms with van der Waals surface area (Å²) in [5.41, 5.74) is 5.09. The Hall–Kier alpha value is -1.89. The van der Waals surface area contributed by atoms with Gasteiger partial charge in [-0.1, -0.05) is 6.92 Å². The van der Waals surface area contributed by atoms with Gasteiger partial charge < -0.3 is 20.8 Å². The predicted molar refractivity (Wildman–Crippen MR) is 52.2 cm³/mol.